The van der Waals surface area contributed by atoms with Crippen molar-refractivity contribution in [3.63, 3.8) is 0 Å². The van der Waals surface area contributed by atoms with Gasteiger partial charge in [0.15, 0.2) is 0 Å². The SMILES string of the molecule is CC(C)OCCC1(c2ccc(Cl)cc2)CNC1. The molecule has 0 spiro atoms. The quantitative estimate of drug-likeness (QED) is 0.871. The molecule has 1 aromatic carbocycles. The molecular weight excluding hydrogens is 234 g/mol. The molecule has 1 N–H and O–H groups in total. The first-order valence-corrected chi connectivity index (χ1v) is 6.59. The molecule has 1 heterocycles. The lowest BCUT2D eigenvalue weighted by atomic mass is 9.73. The number of benzene rings is 1. The zero-order valence-corrected chi connectivity index (χ0v) is 11.3. The van der Waals surface area contributed by atoms with E-state index in [1.54, 1.807) is 0 Å². The molecule has 0 bridgehead atoms. The second-order valence-corrected chi connectivity index (χ2v) is 5.50. The van der Waals surface area contributed by atoms with E-state index in [0.717, 1.165) is 31.1 Å². The molecule has 94 valence electrons. The molecule has 2 nitrogen and oxygen atoms in total. The number of halogens is 1. The third-order valence-corrected chi connectivity index (χ3v) is 3.67. The van der Waals surface area contributed by atoms with E-state index in [1.807, 2.05) is 12.1 Å². The van der Waals surface area contributed by atoms with Crippen LogP contribution in [0.15, 0.2) is 24.3 Å². The van der Waals surface area contributed by atoms with Gasteiger partial charge in [0.2, 0.25) is 0 Å². The first kappa shape index (κ1) is 12.9. The summed E-state index contributed by atoms with van der Waals surface area (Å²) in [7, 11) is 0. The smallest absolute Gasteiger partial charge is 0.0518 e. The van der Waals surface area contributed by atoms with Crippen LogP contribution in [-0.4, -0.2) is 25.8 Å². The minimum absolute atomic E-state index is 0.249. The van der Waals surface area contributed by atoms with E-state index in [-0.39, 0.29) is 5.41 Å². The van der Waals surface area contributed by atoms with Gasteiger partial charge in [-0.25, -0.2) is 0 Å². The highest BCUT2D eigenvalue weighted by molar-refractivity contribution is 6.30. The van der Waals surface area contributed by atoms with Gasteiger partial charge in [-0.1, -0.05) is 23.7 Å². The van der Waals surface area contributed by atoms with Crippen molar-refractivity contribution in [1.29, 1.82) is 0 Å². The van der Waals surface area contributed by atoms with Crippen LogP contribution >= 0.6 is 11.6 Å². The Balaban J connectivity index is 2.01. The van der Waals surface area contributed by atoms with Crippen molar-refractivity contribution in [2.24, 2.45) is 0 Å². The molecule has 0 aromatic heterocycles. The molecule has 1 aromatic rings. The van der Waals surface area contributed by atoms with E-state index in [1.165, 1.54) is 5.56 Å². The summed E-state index contributed by atoms with van der Waals surface area (Å²) in [6.45, 7) is 7.05. The van der Waals surface area contributed by atoms with Gasteiger partial charge in [0.05, 0.1) is 6.10 Å². The van der Waals surface area contributed by atoms with Crippen LogP contribution in [0.5, 0.6) is 0 Å². The van der Waals surface area contributed by atoms with Gasteiger partial charge in [-0.3, -0.25) is 0 Å². The van der Waals surface area contributed by atoms with E-state index < -0.39 is 0 Å². The summed E-state index contributed by atoms with van der Waals surface area (Å²) >= 11 is 5.93. The molecule has 3 heteroatoms. The van der Waals surface area contributed by atoms with Crippen LogP contribution < -0.4 is 5.32 Å². The normalized spacial score (nSPS) is 18.1. The Bertz CT molecular complexity index is 357. The zero-order chi connectivity index (χ0) is 12.3. The van der Waals surface area contributed by atoms with Crippen LogP contribution in [0.2, 0.25) is 5.02 Å². The highest BCUT2D eigenvalue weighted by atomic mass is 35.5. The Kier molecular flexibility index (Phi) is 4.08. The Morgan fingerprint density at radius 3 is 2.41 bits per heavy atom. The van der Waals surface area contributed by atoms with Crippen molar-refractivity contribution in [1.82, 2.24) is 5.32 Å². The summed E-state index contributed by atoms with van der Waals surface area (Å²) in [5, 5.41) is 4.17. The summed E-state index contributed by atoms with van der Waals surface area (Å²) in [5.41, 5.74) is 1.62. The fourth-order valence-electron chi connectivity index (χ4n) is 2.25. The average molecular weight is 254 g/mol. The fourth-order valence-corrected chi connectivity index (χ4v) is 2.37. The predicted octanol–water partition coefficient (Wildman–Crippen LogP) is 3.00. The molecule has 1 aliphatic heterocycles. The van der Waals surface area contributed by atoms with Crippen LogP contribution in [0.25, 0.3) is 0 Å². The lowest BCUT2D eigenvalue weighted by Crippen LogP contribution is -2.57. The maximum atomic E-state index is 5.93. The van der Waals surface area contributed by atoms with Crippen molar-refractivity contribution < 1.29 is 4.74 Å². The van der Waals surface area contributed by atoms with Crippen LogP contribution in [0.1, 0.15) is 25.8 Å². The van der Waals surface area contributed by atoms with Gasteiger partial charge in [-0.2, -0.15) is 0 Å². The molecule has 1 saturated heterocycles. The van der Waals surface area contributed by atoms with Gasteiger partial charge >= 0.3 is 0 Å². The van der Waals surface area contributed by atoms with Crippen molar-refractivity contribution >= 4 is 11.6 Å². The van der Waals surface area contributed by atoms with Crippen LogP contribution in [-0.2, 0) is 10.2 Å². The van der Waals surface area contributed by atoms with E-state index >= 15 is 0 Å². The van der Waals surface area contributed by atoms with Gasteiger partial charge < -0.3 is 10.1 Å². The summed E-state index contributed by atoms with van der Waals surface area (Å²) < 4.78 is 5.66. The van der Waals surface area contributed by atoms with Crippen LogP contribution in [0, 0.1) is 0 Å². The highest BCUT2D eigenvalue weighted by Crippen LogP contribution is 2.33. The van der Waals surface area contributed by atoms with Crippen molar-refractivity contribution in [2.75, 3.05) is 19.7 Å². The molecule has 2 rings (SSSR count). The number of ether oxygens (including phenoxy) is 1. The number of hydrogen-bond acceptors (Lipinski definition) is 2. The van der Waals surface area contributed by atoms with Crippen LogP contribution in [0.3, 0.4) is 0 Å². The highest BCUT2D eigenvalue weighted by Gasteiger charge is 2.38. The summed E-state index contributed by atoms with van der Waals surface area (Å²) in [4.78, 5) is 0. The average Bonchev–Trinajstić information content (AvgIpc) is 2.23. The molecule has 17 heavy (non-hydrogen) atoms. The summed E-state index contributed by atoms with van der Waals surface area (Å²) in [6, 6.07) is 8.22. The number of nitrogens with one attached hydrogen (secondary N) is 1. The Morgan fingerprint density at radius 1 is 1.29 bits per heavy atom. The molecule has 0 aliphatic carbocycles. The molecule has 0 unspecified atom stereocenters. The molecule has 1 fully saturated rings. The lowest BCUT2D eigenvalue weighted by Gasteiger charge is -2.43. The minimum Gasteiger partial charge on any atom is -0.379 e. The molecule has 0 atom stereocenters. The second kappa shape index (κ2) is 5.38. The van der Waals surface area contributed by atoms with E-state index in [2.05, 4.69) is 31.3 Å². The van der Waals surface area contributed by atoms with Gasteiger partial charge in [0.25, 0.3) is 0 Å². The van der Waals surface area contributed by atoms with E-state index in [4.69, 9.17) is 16.3 Å². The van der Waals surface area contributed by atoms with Gasteiger partial charge in [0.1, 0.15) is 0 Å². The molecular formula is C14H20ClNO. The molecule has 0 amide bonds. The van der Waals surface area contributed by atoms with Gasteiger partial charge in [-0.15, -0.1) is 0 Å². The molecule has 0 radical (unpaired) electrons. The summed E-state index contributed by atoms with van der Waals surface area (Å²) in [6.07, 6.45) is 1.38. The number of hydrogen-bond donors (Lipinski definition) is 1. The van der Waals surface area contributed by atoms with Crippen molar-refractivity contribution in [2.45, 2.75) is 31.8 Å². The lowest BCUT2D eigenvalue weighted by molar-refractivity contribution is 0.0556. The largest absolute Gasteiger partial charge is 0.379 e. The Hall–Kier alpha value is -0.570. The minimum atomic E-state index is 0.249. The zero-order valence-electron chi connectivity index (χ0n) is 10.5. The van der Waals surface area contributed by atoms with Crippen molar-refractivity contribution in [3.05, 3.63) is 34.9 Å². The second-order valence-electron chi connectivity index (χ2n) is 5.06. The monoisotopic (exact) mass is 253 g/mol. The fraction of sp³-hybridized carbons (Fsp3) is 0.571. The third kappa shape index (κ3) is 3.01. The van der Waals surface area contributed by atoms with Crippen molar-refractivity contribution in [3.8, 4) is 0 Å². The predicted molar refractivity (Wildman–Crippen MR) is 71.7 cm³/mol. The van der Waals surface area contributed by atoms with Gasteiger partial charge in [0, 0.05) is 30.1 Å². The number of rotatable bonds is 5. The first-order chi connectivity index (χ1) is 8.12. The van der Waals surface area contributed by atoms with Gasteiger partial charge in [-0.05, 0) is 38.0 Å². The molecule has 0 saturated carbocycles. The Morgan fingerprint density at radius 2 is 1.94 bits per heavy atom. The summed E-state index contributed by atoms with van der Waals surface area (Å²) in [5.74, 6) is 0. The van der Waals surface area contributed by atoms with E-state index in [9.17, 15) is 0 Å². The van der Waals surface area contributed by atoms with Crippen LogP contribution in [0.4, 0.5) is 0 Å². The standard InChI is InChI=1S/C14H20ClNO/c1-11(2)17-8-7-14(9-16-10-14)12-3-5-13(15)6-4-12/h3-6,11,16H,7-10H2,1-2H3. The van der Waals surface area contributed by atoms with E-state index in [0.29, 0.717) is 6.10 Å². The topological polar surface area (TPSA) is 21.3 Å². The maximum absolute atomic E-state index is 5.93. The first-order valence-electron chi connectivity index (χ1n) is 6.21. The molecule has 1 aliphatic rings. The maximum Gasteiger partial charge on any atom is 0.0518 e. The third-order valence-electron chi connectivity index (χ3n) is 3.42. The Labute approximate surface area is 108 Å².